The summed E-state index contributed by atoms with van der Waals surface area (Å²) in [6.07, 6.45) is 0.597. The van der Waals surface area contributed by atoms with E-state index in [1.807, 2.05) is 31.2 Å². The van der Waals surface area contributed by atoms with Crippen molar-refractivity contribution in [3.63, 3.8) is 0 Å². The highest BCUT2D eigenvalue weighted by atomic mass is 79.9. The van der Waals surface area contributed by atoms with E-state index in [1.54, 1.807) is 0 Å². The lowest BCUT2D eigenvalue weighted by atomic mass is 9.78. The van der Waals surface area contributed by atoms with E-state index in [0.29, 0.717) is 18.2 Å². The third-order valence-corrected chi connectivity index (χ3v) is 5.09. The molecular formula is C17H16BrCl2F. The van der Waals surface area contributed by atoms with Gasteiger partial charge in [0.25, 0.3) is 0 Å². The van der Waals surface area contributed by atoms with Crippen LogP contribution in [-0.2, 0) is 11.8 Å². The first-order valence-corrected chi connectivity index (χ1v) is 8.49. The monoisotopic (exact) mass is 388 g/mol. The van der Waals surface area contributed by atoms with E-state index < -0.39 is 5.41 Å². The van der Waals surface area contributed by atoms with E-state index in [1.165, 1.54) is 12.1 Å². The summed E-state index contributed by atoms with van der Waals surface area (Å²) in [6, 6.07) is 13.1. The molecule has 0 heterocycles. The zero-order valence-corrected chi connectivity index (χ0v) is 14.8. The van der Waals surface area contributed by atoms with Crippen LogP contribution >= 0.6 is 39.1 Å². The molecule has 0 atom stereocenters. The number of alkyl halides is 2. The molecule has 2 aromatic carbocycles. The molecule has 0 amide bonds. The van der Waals surface area contributed by atoms with Gasteiger partial charge in [-0.25, -0.2) is 4.39 Å². The molecule has 0 fully saturated rings. The summed E-state index contributed by atoms with van der Waals surface area (Å²) in [4.78, 5) is 0. The van der Waals surface area contributed by atoms with Crippen molar-refractivity contribution in [1.82, 2.24) is 0 Å². The second-order valence-electron chi connectivity index (χ2n) is 5.37. The van der Waals surface area contributed by atoms with Crippen LogP contribution in [0.4, 0.5) is 4.39 Å². The van der Waals surface area contributed by atoms with Gasteiger partial charge in [-0.3, -0.25) is 0 Å². The van der Waals surface area contributed by atoms with Crippen LogP contribution in [0, 0.1) is 12.7 Å². The van der Waals surface area contributed by atoms with E-state index in [0.717, 1.165) is 21.2 Å². The van der Waals surface area contributed by atoms with E-state index in [-0.39, 0.29) is 5.82 Å². The van der Waals surface area contributed by atoms with Gasteiger partial charge in [0, 0.05) is 21.6 Å². The number of hydrogen-bond acceptors (Lipinski definition) is 0. The van der Waals surface area contributed by atoms with Gasteiger partial charge >= 0.3 is 0 Å². The molecule has 0 aromatic heterocycles. The predicted molar refractivity (Wildman–Crippen MR) is 92.1 cm³/mol. The van der Waals surface area contributed by atoms with Crippen LogP contribution in [0.5, 0.6) is 0 Å². The maximum absolute atomic E-state index is 13.6. The van der Waals surface area contributed by atoms with Crippen molar-refractivity contribution in [3.05, 3.63) is 69.4 Å². The molecule has 112 valence electrons. The van der Waals surface area contributed by atoms with Crippen LogP contribution in [-0.4, -0.2) is 11.8 Å². The van der Waals surface area contributed by atoms with Gasteiger partial charge in [-0.1, -0.05) is 45.8 Å². The van der Waals surface area contributed by atoms with E-state index in [9.17, 15) is 4.39 Å². The molecule has 0 N–H and O–H groups in total. The molecule has 0 radical (unpaired) electrons. The number of benzene rings is 2. The summed E-state index contributed by atoms with van der Waals surface area (Å²) < 4.78 is 14.3. The summed E-state index contributed by atoms with van der Waals surface area (Å²) in [5.41, 5.74) is 2.73. The number of halogens is 4. The Morgan fingerprint density at radius 2 is 1.81 bits per heavy atom. The minimum atomic E-state index is -0.400. The smallest absolute Gasteiger partial charge is 0.124 e. The molecule has 0 bridgehead atoms. The molecule has 0 saturated carbocycles. The van der Waals surface area contributed by atoms with Crippen LogP contribution < -0.4 is 0 Å². The van der Waals surface area contributed by atoms with Gasteiger partial charge in [0.15, 0.2) is 0 Å². The number of hydrogen-bond donors (Lipinski definition) is 0. The van der Waals surface area contributed by atoms with Crippen LogP contribution in [0.3, 0.4) is 0 Å². The Morgan fingerprint density at radius 1 is 1.10 bits per heavy atom. The van der Waals surface area contributed by atoms with Gasteiger partial charge < -0.3 is 0 Å². The molecule has 21 heavy (non-hydrogen) atoms. The van der Waals surface area contributed by atoms with Crippen LogP contribution in [0.15, 0.2) is 46.9 Å². The Morgan fingerprint density at radius 3 is 2.38 bits per heavy atom. The van der Waals surface area contributed by atoms with Crippen molar-refractivity contribution in [2.24, 2.45) is 0 Å². The van der Waals surface area contributed by atoms with Gasteiger partial charge in [0.1, 0.15) is 5.82 Å². The quantitative estimate of drug-likeness (QED) is 0.562. The Bertz CT molecular complexity index is 604. The third-order valence-electron chi connectivity index (χ3n) is 3.61. The van der Waals surface area contributed by atoms with Crippen LogP contribution in [0.1, 0.15) is 16.7 Å². The fourth-order valence-corrected chi connectivity index (χ4v) is 3.76. The maximum Gasteiger partial charge on any atom is 0.124 e. The largest absolute Gasteiger partial charge is 0.207 e. The summed E-state index contributed by atoms with van der Waals surface area (Å²) in [6.45, 7) is 2.04. The first-order valence-electron chi connectivity index (χ1n) is 6.63. The van der Waals surface area contributed by atoms with Gasteiger partial charge in [0.05, 0.1) is 0 Å². The Balaban J connectivity index is 2.42. The average molecular weight is 390 g/mol. The molecule has 0 aliphatic heterocycles. The summed E-state index contributed by atoms with van der Waals surface area (Å²) in [5, 5.41) is 0. The molecule has 0 nitrogen and oxygen atoms in total. The first-order chi connectivity index (χ1) is 9.99. The van der Waals surface area contributed by atoms with Gasteiger partial charge in [0.2, 0.25) is 0 Å². The Labute approximate surface area is 143 Å². The van der Waals surface area contributed by atoms with Crippen molar-refractivity contribution in [1.29, 1.82) is 0 Å². The molecule has 0 unspecified atom stereocenters. The van der Waals surface area contributed by atoms with Gasteiger partial charge in [-0.05, 0) is 42.7 Å². The topological polar surface area (TPSA) is 0 Å². The van der Waals surface area contributed by atoms with E-state index in [4.69, 9.17) is 23.2 Å². The molecule has 0 saturated heterocycles. The molecule has 0 spiro atoms. The molecule has 2 rings (SSSR count). The zero-order valence-electron chi connectivity index (χ0n) is 11.7. The lowest BCUT2D eigenvalue weighted by molar-refractivity contribution is 0.532. The first kappa shape index (κ1) is 16.8. The van der Waals surface area contributed by atoms with Crippen LogP contribution in [0.25, 0.3) is 0 Å². The SMILES string of the molecule is Cc1cccc(C(CCl)(CCl)Cc2cc(F)cc(Br)c2)c1. The minimum absolute atomic E-state index is 0.262. The van der Waals surface area contributed by atoms with Gasteiger partial charge in [-0.2, -0.15) is 0 Å². The summed E-state index contributed by atoms with van der Waals surface area (Å²) in [7, 11) is 0. The highest BCUT2D eigenvalue weighted by Crippen LogP contribution is 2.33. The number of rotatable bonds is 5. The second-order valence-corrected chi connectivity index (χ2v) is 6.82. The summed E-state index contributed by atoms with van der Waals surface area (Å²) in [5.74, 6) is 0.504. The average Bonchev–Trinajstić information content (AvgIpc) is 2.44. The van der Waals surface area contributed by atoms with E-state index in [2.05, 4.69) is 22.0 Å². The third kappa shape index (κ3) is 4.00. The highest BCUT2D eigenvalue weighted by molar-refractivity contribution is 9.10. The predicted octanol–water partition coefficient (Wildman–Crippen LogP) is 5.85. The Hall–Kier alpha value is -0.570. The number of aryl methyl sites for hydroxylation is 1. The Kier molecular flexibility index (Phi) is 5.70. The standard InChI is InChI=1S/C17H16BrCl2F/c1-12-3-2-4-14(5-12)17(10-19,11-20)9-13-6-15(18)8-16(21)7-13/h2-8H,9-11H2,1H3. The van der Waals surface area contributed by atoms with Crippen molar-refractivity contribution < 1.29 is 4.39 Å². The fourth-order valence-electron chi connectivity index (χ4n) is 2.47. The molecule has 4 heteroatoms. The lowest BCUT2D eigenvalue weighted by Gasteiger charge is -2.31. The molecule has 0 aliphatic carbocycles. The molecular weight excluding hydrogens is 374 g/mol. The lowest BCUT2D eigenvalue weighted by Crippen LogP contribution is -2.33. The maximum atomic E-state index is 13.6. The minimum Gasteiger partial charge on any atom is -0.207 e. The van der Waals surface area contributed by atoms with E-state index >= 15 is 0 Å². The second kappa shape index (κ2) is 7.13. The molecule has 2 aromatic rings. The fraction of sp³-hybridized carbons (Fsp3) is 0.294. The van der Waals surface area contributed by atoms with Crippen molar-refractivity contribution in [2.75, 3.05) is 11.8 Å². The van der Waals surface area contributed by atoms with Gasteiger partial charge in [-0.15, -0.1) is 23.2 Å². The normalized spacial score (nSPS) is 11.7. The molecule has 0 aliphatic rings. The highest BCUT2D eigenvalue weighted by Gasteiger charge is 2.31. The van der Waals surface area contributed by atoms with Crippen LogP contribution in [0.2, 0.25) is 0 Å². The zero-order chi connectivity index (χ0) is 15.5. The summed E-state index contributed by atoms with van der Waals surface area (Å²) >= 11 is 15.8. The van der Waals surface area contributed by atoms with Crippen molar-refractivity contribution in [2.45, 2.75) is 18.8 Å². The van der Waals surface area contributed by atoms with Crippen molar-refractivity contribution >= 4 is 39.1 Å². The van der Waals surface area contributed by atoms with Crippen molar-refractivity contribution in [3.8, 4) is 0 Å².